The molecule has 0 bridgehead atoms. The highest BCUT2D eigenvalue weighted by Gasteiger charge is 2.31. The van der Waals surface area contributed by atoms with Crippen LogP contribution >= 0.6 is 12.2 Å². The molecular weight excluding hydrogens is 537 g/mol. The second kappa shape index (κ2) is 10.5. The third-order valence-electron chi connectivity index (χ3n) is 6.58. The molecule has 0 aliphatic heterocycles. The molecule has 4 aromatic carbocycles. The second-order valence-corrected chi connectivity index (χ2v) is 9.59. The average molecular weight is 559 g/mol. The number of hydrogen-bond donors (Lipinski definition) is 2. The molecule has 40 heavy (non-hydrogen) atoms. The fourth-order valence-electron chi connectivity index (χ4n) is 4.83. The first-order chi connectivity index (χ1) is 19.3. The van der Waals surface area contributed by atoms with Gasteiger partial charge < -0.3 is 14.6 Å². The maximum Gasteiger partial charge on any atom is 0.573 e. The van der Waals surface area contributed by atoms with Crippen LogP contribution in [0.25, 0.3) is 33.4 Å². The van der Waals surface area contributed by atoms with Gasteiger partial charge >= 0.3 is 6.36 Å². The Bertz CT molecular complexity index is 1740. The standard InChI is InChI=1S/C30H21F3N4O2S/c31-30(32,33)38-22-12-9-20(10-13-22)28-25-15-11-21-16-18(8-14-24(21)27(25)37-39-28)17-34-36-29(40)35-26-7-3-5-19-4-1-2-6-23(19)26/h1-10,12-14,16-17H,11,15H2,(H2,35,36,40)/b34-17+. The van der Waals surface area contributed by atoms with Gasteiger partial charge in [0.25, 0.3) is 0 Å². The van der Waals surface area contributed by atoms with Crippen molar-refractivity contribution in [3.05, 3.63) is 102 Å². The lowest BCUT2D eigenvalue weighted by Gasteiger charge is -2.16. The number of benzene rings is 4. The quantitative estimate of drug-likeness (QED) is 0.132. The molecule has 0 unspecified atom stereocenters. The Morgan fingerprint density at radius 1 is 0.975 bits per heavy atom. The molecule has 0 amide bonds. The molecule has 0 spiro atoms. The SMILES string of the molecule is FC(F)(F)Oc1ccc(-c2onc3c2CCc2cc(/C=N/NC(=S)Nc4cccc5ccccc45)ccc2-3)cc1. The first kappa shape index (κ1) is 25.6. The Labute approximate surface area is 232 Å². The summed E-state index contributed by atoms with van der Waals surface area (Å²) in [5, 5.41) is 14.3. The lowest BCUT2D eigenvalue weighted by atomic mass is 9.87. The van der Waals surface area contributed by atoms with Crippen LogP contribution in [0.4, 0.5) is 18.9 Å². The largest absolute Gasteiger partial charge is 0.573 e. The topological polar surface area (TPSA) is 71.7 Å². The average Bonchev–Trinajstić information content (AvgIpc) is 3.37. The van der Waals surface area contributed by atoms with Crippen LogP contribution < -0.4 is 15.5 Å². The number of aromatic nitrogens is 1. The molecule has 0 atom stereocenters. The Morgan fingerprint density at radius 2 is 1.77 bits per heavy atom. The Kier molecular flexibility index (Phi) is 6.69. The maximum absolute atomic E-state index is 12.5. The van der Waals surface area contributed by atoms with Crippen molar-refractivity contribution in [3.63, 3.8) is 0 Å². The molecule has 6 nitrogen and oxygen atoms in total. The Hall–Kier alpha value is -4.70. The fraction of sp³-hybridized carbons (Fsp3) is 0.100. The van der Waals surface area contributed by atoms with Gasteiger partial charge in [0.1, 0.15) is 11.4 Å². The molecule has 10 heteroatoms. The Morgan fingerprint density at radius 3 is 2.60 bits per heavy atom. The summed E-state index contributed by atoms with van der Waals surface area (Å²) in [4.78, 5) is 0. The van der Waals surface area contributed by atoms with Gasteiger partial charge in [0.15, 0.2) is 10.9 Å². The van der Waals surface area contributed by atoms with E-state index in [9.17, 15) is 13.2 Å². The highest BCUT2D eigenvalue weighted by Crippen LogP contribution is 2.39. The van der Waals surface area contributed by atoms with Crippen molar-refractivity contribution >= 4 is 40.0 Å². The normalized spacial score (nSPS) is 12.7. The van der Waals surface area contributed by atoms with Gasteiger partial charge in [-0.3, -0.25) is 5.43 Å². The molecule has 1 aliphatic carbocycles. The molecular formula is C30H21F3N4O2S. The van der Waals surface area contributed by atoms with Gasteiger partial charge in [-0.2, -0.15) is 5.10 Å². The van der Waals surface area contributed by atoms with Gasteiger partial charge in [0.2, 0.25) is 0 Å². The molecule has 0 fully saturated rings. The van der Waals surface area contributed by atoms with Crippen LogP contribution in [0, 0.1) is 0 Å². The minimum absolute atomic E-state index is 0.288. The molecule has 0 saturated heterocycles. The van der Waals surface area contributed by atoms with Crippen LogP contribution in [-0.4, -0.2) is 22.8 Å². The van der Waals surface area contributed by atoms with Crippen LogP contribution in [0.15, 0.2) is 94.6 Å². The second-order valence-electron chi connectivity index (χ2n) is 9.18. The van der Waals surface area contributed by atoms with Crippen LogP contribution in [0.3, 0.4) is 0 Å². The zero-order valence-electron chi connectivity index (χ0n) is 20.8. The van der Waals surface area contributed by atoms with E-state index in [1.54, 1.807) is 6.21 Å². The molecule has 1 heterocycles. The monoisotopic (exact) mass is 558 g/mol. The lowest BCUT2D eigenvalue weighted by Crippen LogP contribution is -2.24. The van der Waals surface area contributed by atoms with E-state index in [0.29, 0.717) is 22.9 Å². The van der Waals surface area contributed by atoms with Crippen molar-refractivity contribution in [2.75, 3.05) is 5.32 Å². The van der Waals surface area contributed by atoms with Gasteiger partial charge in [-0.1, -0.05) is 53.7 Å². The predicted octanol–water partition coefficient (Wildman–Crippen LogP) is 7.48. The highest BCUT2D eigenvalue weighted by molar-refractivity contribution is 7.80. The number of thiocarbonyl (C=S) groups is 1. The summed E-state index contributed by atoms with van der Waals surface area (Å²) >= 11 is 5.42. The summed E-state index contributed by atoms with van der Waals surface area (Å²) in [5.74, 6) is 0.255. The first-order valence-electron chi connectivity index (χ1n) is 12.4. The van der Waals surface area contributed by atoms with Gasteiger partial charge in [-0.05, 0) is 78.0 Å². The van der Waals surface area contributed by atoms with Crippen LogP contribution in [0.5, 0.6) is 5.75 Å². The van der Waals surface area contributed by atoms with Crippen LogP contribution in [0.1, 0.15) is 16.7 Å². The lowest BCUT2D eigenvalue weighted by molar-refractivity contribution is -0.274. The number of hydrogen-bond acceptors (Lipinski definition) is 5. The maximum atomic E-state index is 12.5. The van der Waals surface area contributed by atoms with E-state index in [1.165, 1.54) is 24.3 Å². The van der Waals surface area contributed by atoms with Crippen molar-refractivity contribution in [1.29, 1.82) is 0 Å². The minimum atomic E-state index is -4.74. The van der Waals surface area contributed by atoms with Gasteiger partial charge in [-0.15, -0.1) is 13.2 Å². The van der Waals surface area contributed by atoms with E-state index in [4.69, 9.17) is 16.7 Å². The fourth-order valence-corrected chi connectivity index (χ4v) is 4.99. The number of anilines is 1. The number of hydrazone groups is 1. The third kappa shape index (κ3) is 5.39. The predicted molar refractivity (Wildman–Crippen MR) is 152 cm³/mol. The Balaban J connectivity index is 1.14. The molecule has 0 radical (unpaired) electrons. The number of fused-ring (bicyclic) bond motifs is 4. The summed E-state index contributed by atoms with van der Waals surface area (Å²) in [6.45, 7) is 0. The van der Waals surface area contributed by atoms with Gasteiger partial charge in [0, 0.05) is 27.8 Å². The molecule has 2 N–H and O–H groups in total. The number of halogens is 3. The van der Waals surface area contributed by atoms with Gasteiger partial charge in [-0.25, -0.2) is 0 Å². The van der Waals surface area contributed by atoms with Gasteiger partial charge in [0.05, 0.1) is 6.21 Å². The van der Waals surface area contributed by atoms with E-state index in [-0.39, 0.29) is 5.75 Å². The number of rotatable bonds is 5. The first-order valence-corrected chi connectivity index (χ1v) is 12.8. The van der Waals surface area contributed by atoms with Crippen molar-refractivity contribution in [2.24, 2.45) is 5.10 Å². The number of ether oxygens (including phenoxy) is 1. The van der Waals surface area contributed by atoms with E-state index in [0.717, 1.165) is 50.8 Å². The molecule has 200 valence electrons. The zero-order valence-corrected chi connectivity index (χ0v) is 21.6. The summed E-state index contributed by atoms with van der Waals surface area (Å²) in [6, 6.07) is 25.5. The van der Waals surface area contributed by atoms with Crippen molar-refractivity contribution in [2.45, 2.75) is 19.2 Å². The van der Waals surface area contributed by atoms with E-state index in [1.807, 2.05) is 60.7 Å². The molecule has 6 rings (SSSR count). The molecule has 1 aliphatic rings. The summed E-state index contributed by atoms with van der Waals surface area (Å²) in [7, 11) is 0. The number of alkyl halides is 3. The number of nitrogens with zero attached hydrogens (tertiary/aromatic N) is 2. The smallest absolute Gasteiger partial charge is 0.406 e. The third-order valence-corrected chi connectivity index (χ3v) is 6.78. The van der Waals surface area contributed by atoms with E-state index < -0.39 is 6.36 Å². The number of nitrogens with one attached hydrogen (secondary N) is 2. The molecule has 0 saturated carbocycles. The summed E-state index contributed by atoms with van der Waals surface area (Å²) < 4.78 is 47.0. The highest BCUT2D eigenvalue weighted by atomic mass is 32.1. The van der Waals surface area contributed by atoms with Crippen molar-refractivity contribution in [1.82, 2.24) is 10.6 Å². The summed E-state index contributed by atoms with van der Waals surface area (Å²) in [6.07, 6.45) is -1.61. The number of aryl methyl sites for hydroxylation is 1. The molecule has 5 aromatic rings. The minimum Gasteiger partial charge on any atom is -0.406 e. The van der Waals surface area contributed by atoms with Crippen molar-refractivity contribution < 1.29 is 22.4 Å². The molecule has 1 aromatic heterocycles. The summed E-state index contributed by atoms with van der Waals surface area (Å²) in [5.41, 5.74) is 9.00. The van der Waals surface area contributed by atoms with E-state index in [2.05, 4.69) is 25.7 Å². The zero-order chi connectivity index (χ0) is 27.7. The van der Waals surface area contributed by atoms with Crippen molar-refractivity contribution in [3.8, 4) is 28.3 Å². The van der Waals surface area contributed by atoms with Crippen LogP contribution in [-0.2, 0) is 12.8 Å². The van der Waals surface area contributed by atoms with E-state index >= 15 is 0 Å². The van der Waals surface area contributed by atoms with Crippen LogP contribution in [0.2, 0.25) is 0 Å².